The lowest BCUT2D eigenvalue weighted by molar-refractivity contribution is -0.00637. The summed E-state index contributed by atoms with van der Waals surface area (Å²) in [5.74, 6) is 0. The third kappa shape index (κ3) is 8.34. The number of carbonyl (C=O) groups is 2. The molecule has 2 rings (SSSR count). The number of rotatable bonds is 6. The number of hydrogen-bond acceptors (Lipinski definition) is 5. The van der Waals surface area contributed by atoms with Gasteiger partial charge in [0, 0.05) is 26.2 Å². The second-order valence-corrected chi connectivity index (χ2v) is 16.0. The van der Waals surface area contributed by atoms with Gasteiger partial charge in [0.15, 0.2) is 8.32 Å². The van der Waals surface area contributed by atoms with Crippen LogP contribution < -0.4 is 0 Å². The number of hydrogen-bond donors (Lipinski definition) is 0. The molecule has 1 heterocycles. The molecular formula is C25H42N2O5Si. The van der Waals surface area contributed by atoms with Crippen molar-refractivity contribution in [2.75, 3.05) is 26.2 Å². The van der Waals surface area contributed by atoms with Crippen LogP contribution in [0.2, 0.25) is 18.1 Å². The molecule has 186 valence electrons. The van der Waals surface area contributed by atoms with Crippen LogP contribution in [-0.4, -0.2) is 68.2 Å². The molecule has 1 saturated heterocycles. The fraction of sp³-hybridized carbons (Fsp3) is 0.680. The lowest BCUT2D eigenvalue weighted by Crippen LogP contribution is -2.57. The van der Waals surface area contributed by atoms with E-state index in [1.54, 1.807) is 9.80 Å². The van der Waals surface area contributed by atoms with E-state index < -0.39 is 13.9 Å². The van der Waals surface area contributed by atoms with Crippen LogP contribution in [0.4, 0.5) is 9.59 Å². The first-order valence-electron chi connectivity index (χ1n) is 11.8. The maximum absolute atomic E-state index is 12.9. The molecule has 0 saturated carbocycles. The zero-order valence-electron chi connectivity index (χ0n) is 21.6. The highest BCUT2D eigenvalue weighted by Crippen LogP contribution is 2.36. The standard InChI is InChI=1S/C25H42N2O5Si/c1-24(2,3)32-23(29)27-16-15-26(22(28)30-19-20-12-10-9-11-13-20)18-21(27)14-17-31-33(7,8)25(4,5)6/h9-13,21H,14-19H2,1-8H3/t21-/m1/s1. The van der Waals surface area contributed by atoms with Crippen molar-refractivity contribution in [3.05, 3.63) is 35.9 Å². The normalized spacial score (nSPS) is 17.6. The van der Waals surface area contributed by atoms with Crippen LogP contribution in [0, 0.1) is 0 Å². The maximum atomic E-state index is 12.9. The van der Waals surface area contributed by atoms with Gasteiger partial charge >= 0.3 is 12.2 Å². The Morgan fingerprint density at radius 3 is 2.21 bits per heavy atom. The highest BCUT2D eigenvalue weighted by Gasteiger charge is 2.39. The van der Waals surface area contributed by atoms with E-state index in [2.05, 4.69) is 33.9 Å². The molecule has 0 unspecified atom stereocenters. The van der Waals surface area contributed by atoms with Crippen LogP contribution in [0.25, 0.3) is 0 Å². The summed E-state index contributed by atoms with van der Waals surface area (Å²) in [6.07, 6.45) is -0.0797. The van der Waals surface area contributed by atoms with E-state index in [4.69, 9.17) is 13.9 Å². The van der Waals surface area contributed by atoms with Crippen molar-refractivity contribution in [1.82, 2.24) is 9.80 Å². The Morgan fingerprint density at radius 1 is 1.00 bits per heavy atom. The maximum Gasteiger partial charge on any atom is 0.410 e. The molecule has 1 aromatic rings. The summed E-state index contributed by atoms with van der Waals surface area (Å²) in [6, 6.07) is 9.42. The SMILES string of the molecule is CC(C)(C)OC(=O)N1CCN(C(=O)OCc2ccccc2)C[C@H]1CCO[Si](C)(C)C(C)(C)C. The first kappa shape index (κ1) is 27.2. The van der Waals surface area contributed by atoms with Crippen molar-refractivity contribution < 1.29 is 23.5 Å². The molecule has 1 fully saturated rings. The Labute approximate surface area is 200 Å². The second-order valence-electron chi connectivity index (χ2n) is 11.2. The third-order valence-electron chi connectivity index (χ3n) is 6.29. The van der Waals surface area contributed by atoms with Crippen LogP contribution >= 0.6 is 0 Å². The number of carbonyl (C=O) groups excluding carboxylic acids is 2. The smallest absolute Gasteiger partial charge is 0.410 e. The highest BCUT2D eigenvalue weighted by molar-refractivity contribution is 6.74. The van der Waals surface area contributed by atoms with Crippen LogP contribution in [0.1, 0.15) is 53.5 Å². The fourth-order valence-corrected chi connectivity index (χ4v) is 4.37. The minimum absolute atomic E-state index is 0.109. The Balaban J connectivity index is 2.03. The zero-order valence-corrected chi connectivity index (χ0v) is 22.6. The lowest BCUT2D eigenvalue weighted by Gasteiger charge is -2.42. The fourth-order valence-electron chi connectivity index (χ4n) is 3.31. The van der Waals surface area contributed by atoms with Crippen molar-refractivity contribution >= 4 is 20.5 Å². The summed E-state index contributed by atoms with van der Waals surface area (Å²) >= 11 is 0. The topological polar surface area (TPSA) is 68.3 Å². The summed E-state index contributed by atoms with van der Waals surface area (Å²) < 4.78 is 17.5. The third-order valence-corrected chi connectivity index (χ3v) is 10.8. The van der Waals surface area contributed by atoms with Crippen LogP contribution in [-0.2, 0) is 20.5 Å². The van der Waals surface area contributed by atoms with Gasteiger partial charge in [-0.3, -0.25) is 0 Å². The molecule has 8 heteroatoms. The molecule has 0 aromatic heterocycles. The number of nitrogens with zero attached hydrogens (tertiary/aromatic N) is 2. The Kier molecular flexibility index (Phi) is 8.99. The highest BCUT2D eigenvalue weighted by atomic mass is 28.4. The van der Waals surface area contributed by atoms with Crippen molar-refractivity contribution in [1.29, 1.82) is 0 Å². The van der Waals surface area contributed by atoms with Crippen molar-refractivity contribution in [2.45, 2.75) is 84.3 Å². The molecule has 7 nitrogen and oxygen atoms in total. The number of benzene rings is 1. The number of amides is 2. The largest absolute Gasteiger partial charge is 0.445 e. The zero-order chi connectivity index (χ0) is 24.9. The van der Waals surface area contributed by atoms with Crippen molar-refractivity contribution in [2.24, 2.45) is 0 Å². The van der Waals surface area contributed by atoms with Gasteiger partial charge in [0.1, 0.15) is 12.2 Å². The van der Waals surface area contributed by atoms with E-state index in [-0.39, 0.29) is 29.9 Å². The minimum atomic E-state index is -1.91. The lowest BCUT2D eigenvalue weighted by atomic mass is 10.1. The molecule has 0 spiro atoms. The molecule has 0 bridgehead atoms. The van der Waals surface area contributed by atoms with E-state index in [0.29, 0.717) is 32.7 Å². The van der Waals surface area contributed by atoms with Gasteiger partial charge < -0.3 is 23.7 Å². The van der Waals surface area contributed by atoms with E-state index >= 15 is 0 Å². The van der Waals surface area contributed by atoms with Gasteiger partial charge in [0.25, 0.3) is 0 Å². The summed E-state index contributed by atoms with van der Waals surface area (Å²) in [7, 11) is -1.91. The quantitative estimate of drug-likeness (QED) is 0.494. The summed E-state index contributed by atoms with van der Waals surface area (Å²) in [6.45, 7) is 18.6. The molecule has 1 atom stereocenters. The Morgan fingerprint density at radius 2 is 1.64 bits per heavy atom. The van der Waals surface area contributed by atoms with Crippen molar-refractivity contribution in [3.63, 3.8) is 0 Å². The van der Waals surface area contributed by atoms with E-state index in [9.17, 15) is 9.59 Å². The second kappa shape index (κ2) is 10.9. The number of ether oxygens (including phenoxy) is 2. The molecule has 1 aromatic carbocycles. The van der Waals surface area contributed by atoms with Gasteiger partial charge in [-0.1, -0.05) is 51.1 Å². The molecular weight excluding hydrogens is 436 g/mol. The average Bonchev–Trinajstić information content (AvgIpc) is 2.70. The van der Waals surface area contributed by atoms with Crippen LogP contribution in [0.15, 0.2) is 30.3 Å². The van der Waals surface area contributed by atoms with Gasteiger partial charge in [0.2, 0.25) is 0 Å². The van der Waals surface area contributed by atoms with Crippen LogP contribution in [0.3, 0.4) is 0 Å². The summed E-state index contributed by atoms with van der Waals surface area (Å²) in [4.78, 5) is 29.0. The summed E-state index contributed by atoms with van der Waals surface area (Å²) in [5, 5.41) is 0.109. The van der Waals surface area contributed by atoms with E-state index in [1.807, 2.05) is 51.1 Å². The molecule has 0 radical (unpaired) electrons. The predicted molar refractivity (Wildman–Crippen MR) is 133 cm³/mol. The predicted octanol–water partition coefficient (Wildman–Crippen LogP) is 5.66. The molecule has 2 amide bonds. The molecule has 1 aliphatic rings. The van der Waals surface area contributed by atoms with Gasteiger partial charge in [0.05, 0.1) is 6.04 Å². The average molecular weight is 479 g/mol. The van der Waals surface area contributed by atoms with Crippen molar-refractivity contribution in [3.8, 4) is 0 Å². The van der Waals surface area contributed by atoms with E-state index in [1.165, 1.54) is 0 Å². The van der Waals surface area contributed by atoms with Crippen LogP contribution in [0.5, 0.6) is 0 Å². The number of piperazine rings is 1. The summed E-state index contributed by atoms with van der Waals surface area (Å²) in [5.41, 5.74) is 0.364. The molecule has 0 N–H and O–H groups in total. The monoisotopic (exact) mass is 478 g/mol. The van der Waals surface area contributed by atoms with Gasteiger partial charge in [-0.2, -0.15) is 0 Å². The molecule has 33 heavy (non-hydrogen) atoms. The van der Waals surface area contributed by atoms with Gasteiger partial charge in [-0.05, 0) is 50.9 Å². The molecule has 1 aliphatic heterocycles. The minimum Gasteiger partial charge on any atom is -0.445 e. The van der Waals surface area contributed by atoms with Gasteiger partial charge in [-0.25, -0.2) is 9.59 Å². The first-order chi connectivity index (χ1) is 15.2. The Hall–Kier alpha value is -2.06. The first-order valence-corrected chi connectivity index (χ1v) is 14.7. The van der Waals surface area contributed by atoms with E-state index in [0.717, 1.165) is 5.56 Å². The Bertz CT molecular complexity index is 786. The van der Waals surface area contributed by atoms with Gasteiger partial charge in [-0.15, -0.1) is 0 Å². The molecule has 0 aliphatic carbocycles.